The Morgan fingerprint density at radius 1 is 1.44 bits per heavy atom. The summed E-state index contributed by atoms with van der Waals surface area (Å²) < 4.78 is 0. The first-order chi connectivity index (χ1) is 8.49. The molecule has 0 saturated heterocycles. The molecule has 0 bridgehead atoms. The molecule has 2 rings (SSSR count). The molecule has 0 aliphatic rings. The zero-order valence-electron chi connectivity index (χ0n) is 8.75. The van der Waals surface area contributed by atoms with Crippen LogP contribution in [0.25, 0.3) is 11.3 Å². The third-order valence-electron chi connectivity index (χ3n) is 2.24. The number of hydrogen-bond acceptors (Lipinski definition) is 4. The van der Waals surface area contributed by atoms with Crippen molar-refractivity contribution in [1.29, 1.82) is 0 Å². The minimum Gasteiger partial charge on any atom is -0.477 e. The van der Waals surface area contributed by atoms with Crippen LogP contribution in [0.5, 0.6) is 0 Å². The van der Waals surface area contributed by atoms with E-state index >= 15 is 0 Å². The molecule has 2 N–H and O–H groups in total. The first-order valence-electron chi connectivity index (χ1n) is 4.72. The maximum atomic E-state index is 10.9. The van der Waals surface area contributed by atoms with Gasteiger partial charge in [-0.1, -0.05) is 11.6 Å². The van der Waals surface area contributed by atoms with Crippen LogP contribution in [-0.4, -0.2) is 26.2 Å². The van der Waals surface area contributed by atoms with Gasteiger partial charge in [-0.2, -0.15) is 5.10 Å². The standard InChI is InChI=1S/C10H6ClN3O4/c11-5-1-2-6(9(3-5)14(17)18)7-4-8(10(15)16)13-12-7/h1-4H,(H,12,13)(H,15,16). The number of carbonyl (C=O) groups is 1. The molecule has 1 heterocycles. The number of nitro benzene ring substituents is 1. The summed E-state index contributed by atoms with van der Waals surface area (Å²) in [4.78, 5) is 21.0. The molecule has 2 aromatic rings. The lowest BCUT2D eigenvalue weighted by Gasteiger charge is -1.99. The van der Waals surface area contributed by atoms with Gasteiger partial charge in [0.05, 0.1) is 16.2 Å². The molecule has 0 aliphatic heterocycles. The highest BCUT2D eigenvalue weighted by atomic mass is 35.5. The molecule has 0 spiro atoms. The molecular formula is C10H6ClN3O4. The van der Waals surface area contributed by atoms with Crippen LogP contribution >= 0.6 is 11.6 Å². The number of rotatable bonds is 3. The molecule has 1 aromatic heterocycles. The minimum absolute atomic E-state index is 0.144. The van der Waals surface area contributed by atoms with Crippen molar-refractivity contribution in [3.05, 3.63) is 45.1 Å². The van der Waals surface area contributed by atoms with E-state index in [0.717, 1.165) is 0 Å². The number of nitrogens with zero attached hydrogens (tertiary/aromatic N) is 2. The number of nitrogens with one attached hydrogen (secondary N) is 1. The maximum absolute atomic E-state index is 10.9. The molecule has 18 heavy (non-hydrogen) atoms. The number of benzene rings is 1. The van der Waals surface area contributed by atoms with Gasteiger partial charge in [0.2, 0.25) is 0 Å². The van der Waals surface area contributed by atoms with E-state index in [-0.39, 0.29) is 27.7 Å². The molecule has 0 amide bonds. The average Bonchev–Trinajstić information content (AvgIpc) is 2.78. The average molecular weight is 268 g/mol. The zero-order chi connectivity index (χ0) is 13.3. The van der Waals surface area contributed by atoms with Gasteiger partial charge in [0, 0.05) is 11.1 Å². The van der Waals surface area contributed by atoms with Crippen molar-refractivity contribution >= 4 is 23.3 Å². The van der Waals surface area contributed by atoms with Crippen LogP contribution in [0.4, 0.5) is 5.69 Å². The number of nitro groups is 1. The van der Waals surface area contributed by atoms with Crippen LogP contribution in [0.1, 0.15) is 10.5 Å². The summed E-state index contributed by atoms with van der Waals surface area (Å²) >= 11 is 5.68. The van der Waals surface area contributed by atoms with Crippen molar-refractivity contribution in [2.45, 2.75) is 0 Å². The molecule has 92 valence electrons. The van der Waals surface area contributed by atoms with E-state index < -0.39 is 10.9 Å². The van der Waals surface area contributed by atoms with Gasteiger partial charge in [0.25, 0.3) is 5.69 Å². The maximum Gasteiger partial charge on any atom is 0.353 e. The third-order valence-corrected chi connectivity index (χ3v) is 2.48. The van der Waals surface area contributed by atoms with Gasteiger partial charge in [0.15, 0.2) is 0 Å². The molecule has 0 aliphatic carbocycles. The second kappa shape index (κ2) is 4.46. The molecule has 0 saturated carbocycles. The molecule has 0 radical (unpaired) electrons. The second-order valence-electron chi connectivity index (χ2n) is 3.39. The van der Waals surface area contributed by atoms with Gasteiger partial charge in [-0.25, -0.2) is 4.79 Å². The molecule has 8 heteroatoms. The van der Waals surface area contributed by atoms with Crippen molar-refractivity contribution < 1.29 is 14.8 Å². The fraction of sp³-hybridized carbons (Fsp3) is 0. The van der Waals surface area contributed by atoms with Crippen LogP contribution in [0.15, 0.2) is 24.3 Å². The molecule has 7 nitrogen and oxygen atoms in total. The van der Waals surface area contributed by atoms with Crippen LogP contribution in [0.2, 0.25) is 5.02 Å². The Morgan fingerprint density at radius 2 is 2.17 bits per heavy atom. The second-order valence-corrected chi connectivity index (χ2v) is 3.83. The highest BCUT2D eigenvalue weighted by Crippen LogP contribution is 2.31. The largest absolute Gasteiger partial charge is 0.477 e. The summed E-state index contributed by atoms with van der Waals surface area (Å²) in [7, 11) is 0. The predicted molar refractivity (Wildman–Crippen MR) is 62.6 cm³/mol. The number of carboxylic acid groups (broad SMARTS) is 1. The molecule has 0 atom stereocenters. The number of aromatic carboxylic acids is 1. The van der Waals surface area contributed by atoms with Crippen LogP contribution < -0.4 is 0 Å². The van der Waals surface area contributed by atoms with Gasteiger partial charge >= 0.3 is 5.97 Å². The normalized spacial score (nSPS) is 10.3. The van der Waals surface area contributed by atoms with Gasteiger partial charge in [-0.15, -0.1) is 0 Å². The lowest BCUT2D eigenvalue weighted by Crippen LogP contribution is -1.95. The number of hydrogen-bond donors (Lipinski definition) is 2. The Morgan fingerprint density at radius 3 is 2.72 bits per heavy atom. The van der Waals surface area contributed by atoms with Crippen molar-refractivity contribution in [2.24, 2.45) is 0 Å². The summed E-state index contributed by atoms with van der Waals surface area (Å²) in [6.45, 7) is 0. The Balaban J connectivity index is 2.55. The van der Waals surface area contributed by atoms with Crippen molar-refractivity contribution in [3.63, 3.8) is 0 Å². The van der Waals surface area contributed by atoms with E-state index in [0.29, 0.717) is 0 Å². The van der Waals surface area contributed by atoms with Crippen molar-refractivity contribution in [1.82, 2.24) is 10.2 Å². The van der Waals surface area contributed by atoms with Gasteiger partial charge in [-0.3, -0.25) is 15.2 Å². The van der Waals surface area contributed by atoms with Crippen molar-refractivity contribution in [2.75, 3.05) is 0 Å². The number of carboxylic acids is 1. The van der Waals surface area contributed by atoms with E-state index in [2.05, 4.69) is 10.2 Å². The fourth-order valence-electron chi connectivity index (χ4n) is 1.44. The zero-order valence-corrected chi connectivity index (χ0v) is 9.51. The summed E-state index contributed by atoms with van der Waals surface area (Å²) in [6, 6.07) is 5.30. The number of halogens is 1. The smallest absolute Gasteiger partial charge is 0.353 e. The molecular weight excluding hydrogens is 262 g/mol. The lowest BCUT2D eigenvalue weighted by molar-refractivity contribution is -0.384. The number of aromatic amines is 1. The van der Waals surface area contributed by atoms with Gasteiger partial charge in [0.1, 0.15) is 5.69 Å². The van der Waals surface area contributed by atoms with E-state index in [4.69, 9.17) is 16.7 Å². The Bertz CT molecular complexity index is 638. The Hall–Kier alpha value is -2.41. The number of aromatic nitrogens is 2. The van der Waals surface area contributed by atoms with E-state index in [1.807, 2.05) is 0 Å². The predicted octanol–water partition coefficient (Wildman–Crippen LogP) is 2.34. The van der Waals surface area contributed by atoms with Gasteiger partial charge in [-0.05, 0) is 18.2 Å². The fourth-order valence-corrected chi connectivity index (χ4v) is 1.61. The Kier molecular flexibility index (Phi) is 2.99. The van der Waals surface area contributed by atoms with Crippen LogP contribution in [0, 0.1) is 10.1 Å². The van der Waals surface area contributed by atoms with Crippen molar-refractivity contribution in [3.8, 4) is 11.3 Å². The minimum atomic E-state index is -1.19. The monoisotopic (exact) mass is 267 g/mol. The highest BCUT2D eigenvalue weighted by Gasteiger charge is 2.19. The topological polar surface area (TPSA) is 109 Å². The number of H-pyrrole nitrogens is 1. The summed E-state index contributed by atoms with van der Waals surface area (Å²) in [5.74, 6) is -1.19. The quantitative estimate of drug-likeness (QED) is 0.655. The highest BCUT2D eigenvalue weighted by molar-refractivity contribution is 6.30. The molecule has 0 unspecified atom stereocenters. The first-order valence-corrected chi connectivity index (χ1v) is 5.10. The summed E-state index contributed by atoms with van der Waals surface area (Å²) in [5, 5.41) is 25.9. The molecule has 1 aromatic carbocycles. The molecule has 0 fully saturated rings. The van der Waals surface area contributed by atoms with E-state index in [9.17, 15) is 14.9 Å². The van der Waals surface area contributed by atoms with E-state index in [1.165, 1.54) is 24.3 Å². The van der Waals surface area contributed by atoms with Crippen LogP contribution in [0.3, 0.4) is 0 Å². The Labute approximate surface area is 105 Å². The summed E-state index contributed by atoms with van der Waals surface area (Å²) in [6.07, 6.45) is 0. The van der Waals surface area contributed by atoms with Crippen LogP contribution in [-0.2, 0) is 0 Å². The first kappa shape index (κ1) is 12.1. The van der Waals surface area contributed by atoms with E-state index in [1.54, 1.807) is 0 Å². The third kappa shape index (κ3) is 2.16. The van der Waals surface area contributed by atoms with Gasteiger partial charge < -0.3 is 5.11 Å². The summed E-state index contributed by atoms with van der Waals surface area (Å²) in [5.41, 5.74) is 0.00380. The lowest BCUT2D eigenvalue weighted by atomic mass is 10.1. The SMILES string of the molecule is O=C(O)c1cc(-c2ccc(Cl)cc2[N+](=O)[O-])n[nH]1.